The zero-order valence-corrected chi connectivity index (χ0v) is 12.5. The first-order valence-electron chi connectivity index (χ1n) is 6.93. The van der Waals surface area contributed by atoms with Crippen molar-refractivity contribution in [1.29, 1.82) is 0 Å². The number of hydrogen-bond donors (Lipinski definition) is 1. The van der Waals surface area contributed by atoms with E-state index in [0.717, 1.165) is 29.5 Å². The van der Waals surface area contributed by atoms with Crippen LogP contribution in [-0.4, -0.2) is 16.0 Å². The second-order valence-corrected chi connectivity index (χ2v) is 5.03. The van der Waals surface area contributed by atoms with Crippen molar-refractivity contribution < 1.29 is 5.11 Å². The van der Waals surface area contributed by atoms with Crippen LogP contribution in [0.4, 0.5) is 0 Å². The standard InChI is InChI=1S/C9H11Cl.C9H7NO/c10-8-4-7-9-5-2-1-3-6-9;11-9-3-1-2-7-6-10-5-4-8(7)9/h1-3,5-6H,4,7-8H2;1-6,11H. The number of fused-ring (bicyclic) bond motifs is 1. The molecule has 1 N–H and O–H groups in total. The predicted octanol–water partition coefficient (Wildman–Crippen LogP) is 4.80. The largest absolute Gasteiger partial charge is 0.507 e. The maximum Gasteiger partial charge on any atom is 0.123 e. The molecule has 2 aromatic carbocycles. The van der Waals surface area contributed by atoms with Gasteiger partial charge in [-0.2, -0.15) is 0 Å². The van der Waals surface area contributed by atoms with E-state index in [1.165, 1.54) is 5.56 Å². The van der Waals surface area contributed by atoms with Gasteiger partial charge in [-0.15, -0.1) is 11.6 Å². The van der Waals surface area contributed by atoms with Crippen molar-refractivity contribution in [3.05, 3.63) is 72.6 Å². The van der Waals surface area contributed by atoms with Gasteiger partial charge in [-0.05, 0) is 30.5 Å². The second-order valence-electron chi connectivity index (χ2n) is 4.65. The smallest absolute Gasteiger partial charge is 0.123 e. The van der Waals surface area contributed by atoms with E-state index in [0.29, 0.717) is 5.75 Å². The number of rotatable bonds is 3. The molecule has 0 saturated heterocycles. The zero-order valence-electron chi connectivity index (χ0n) is 11.7. The molecule has 1 aromatic heterocycles. The van der Waals surface area contributed by atoms with Crippen LogP contribution in [0.1, 0.15) is 12.0 Å². The summed E-state index contributed by atoms with van der Waals surface area (Å²) in [6, 6.07) is 17.6. The third-order valence-electron chi connectivity index (χ3n) is 3.10. The minimum absolute atomic E-state index is 0.310. The monoisotopic (exact) mass is 299 g/mol. The van der Waals surface area contributed by atoms with Crippen LogP contribution in [0.15, 0.2) is 67.0 Å². The van der Waals surface area contributed by atoms with Gasteiger partial charge in [0.05, 0.1) is 0 Å². The van der Waals surface area contributed by atoms with E-state index < -0.39 is 0 Å². The van der Waals surface area contributed by atoms with Gasteiger partial charge >= 0.3 is 0 Å². The molecule has 3 aromatic rings. The number of pyridine rings is 1. The molecule has 0 spiro atoms. The highest BCUT2D eigenvalue weighted by molar-refractivity contribution is 6.17. The van der Waals surface area contributed by atoms with E-state index in [2.05, 4.69) is 29.2 Å². The van der Waals surface area contributed by atoms with Crippen molar-refractivity contribution in [3.63, 3.8) is 0 Å². The Morgan fingerprint density at radius 1 is 0.952 bits per heavy atom. The minimum Gasteiger partial charge on any atom is -0.507 e. The van der Waals surface area contributed by atoms with Crippen molar-refractivity contribution in [2.24, 2.45) is 0 Å². The molecule has 1 heterocycles. The number of nitrogens with zero attached hydrogens (tertiary/aromatic N) is 1. The molecule has 3 rings (SSSR count). The van der Waals surface area contributed by atoms with E-state index in [4.69, 9.17) is 11.6 Å². The minimum atomic E-state index is 0.310. The average Bonchev–Trinajstić information content (AvgIpc) is 2.55. The highest BCUT2D eigenvalue weighted by atomic mass is 35.5. The lowest BCUT2D eigenvalue weighted by atomic mass is 10.1. The fraction of sp³-hybridized carbons (Fsp3) is 0.167. The molecule has 2 nitrogen and oxygen atoms in total. The van der Waals surface area contributed by atoms with Crippen LogP contribution in [0.3, 0.4) is 0 Å². The van der Waals surface area contributed by atoms with Gasteiger partial charge in [0.15, 0.2) is 0 Å². The Balaban J connectivity index is 0.000000155. The van der Waals surface area contributed by atoms with Gasteiger partial charge in [0, 0.05) is 29.0 Å². The van der Waals surface area contributed by atoms with Crippen molar-refractivity contribution in [2.75, 3.05) is 5.88 Å². The third kappa shape index (κ3) is 4.76. The number of alkyl halides is 1. The molecule has 0 unspecified atom stereocenters. The number of benzene rings is 2. The molecular weight excluding hydrogens is 282 g/mol. The molecule has 108 valence electrons. The lowest BCUT2D eigenvalue weighted by Gasteiger charge is -1.97. The van der Waals surface area contributed by atoms with Gasteiger partial charge in [-0.25, -0.2) is 0 Å². The van der Waals surface area contributed by atoms with E-state index in [-0.39, 0.29) is 0 Å². The fourth-order valence-corrected chi connectivity index (χ4v) is 2.15. The molecule has 0 aliphatic carbocycles. The van der Waals surface area contributed by atoms with Crippen LogP contribution in [0.2, 0.25) is 0 Å². The van der Waals surface area contributed by atoms with Crippen LogP contribution in [-0.2, 0) is 6.42 Å². The van der Waals surface area contributed by atoms with Crippen LogP contribution < -0.4 is 0 Å². The topological polar surface area (TPSA) is 33.1 Å². The number of aromatic hydroxyl groups is 1. The van der Waals surface area contributed by atoms with Gasteiger partial charge in [0.25, 0.3) is 0 Å². The van der Waals surface area contributed by atoms with Crippen molar-refractivity contribution >= 4 is 22.4 Å². The number of halogens is 1. The number of aromatic nitrogens is 1. The molecule has 0 aliphatic heterocycles. The van der Waals surface area contributed by atoms with Crippen molar-refractivity contribution in [1.82, 2.24) is 4.98 Å². The highest BCUT2D eigenvalue weighted by Gasteiger charge is 1.95. The van der Waals surface area contributed by atoms with E-state index >= 15 is 0 Å². The summed E-state index contributed by atoms with van der Waals surface area (Å²) < 4.78 is 0. The summed E-state index contributed by atoms with van der Waals surface area (Å²) in [5.74, 6) is 1.07. The molecule has 0 fully saturated rings. The van der Waals surface area contributed by atoms with Crippen molar-refractivity contribution in [2.45, 2.75) is 12.8 Å². The van der Waals surface area contributed by atoms with Gasteiger partial charge in [0.1, 0.15) is 5.75 Å². The van der Waals surface area contributed by atoms with Crippen LogP contribution >= 0.6 is 11.6 Å². The molecule has 0 amide bonds. The molecule has 0 aliphatic rings. The quantitative estimate of drug-likeness (QED) is 0.705. The Hall–Kier alpha value is -2.06. The molecule has 0 saturated carbocycles. The fourth-order valence-electron chi connectivity index (χ4n) is 2.02. The molecule has 21 heavy (non-hydrogen) atoms. The molecule has 3 heteroatoms. The lowest BCUT2D eigenvalue weighted by Crippen LogP contribution is -1.83. The van der Waals surface area contributed by atoms with Crippen LogP contribution in [0, 0.1) is 0 Å². The molecule has 0 bridgehead atoms. The van der Waals surface area contributed by atoms with E-state index in [1.54, 1.807) is 30.6 Å². The number of phenolic OH excluding ortho intramolecular Hbond substituents is 1. The Bertz CT molecular complexity index is 665. The third-order valence-corrected chi connectivity index (χ3v) is 3.37. The summed E-state index contributed by atoms with van der Waals surface area (Å²) in [6.07, 6.45) is 5.58. The summed E-state index contributed by atoms with van der Waals surface area (Å²) >= 11 is 5.55. The molecule has 0 radical (unpaired) electrons. The number of hydrogen-bond acceptors (Lipinski definition) is 2. The molecule has 0 atom stereocenters. The van der Waals surface area contributed by atoms with E-state index in [9.17, 15) is 5.11 Å². The van der Waals surface area contributed by atoms with Gasteiger partial charge in [0.2, 0.25) is 0 Å². The van der Waals surface area contributed by atoms with Crippen molar-refractivity contribution in [3.8, 4) is 5.75 Å². The van der Waals surface area contributed by atoms with Crippen LogP contribution in [0.25, 0.3) is 10.8 Å². The Morgan fingerprint density at radius 3 is 2.48 bits per heavy atom. The summed E-state index contributed by atoms with van der Waals surface area (Å²) in [5, 5.41) is 11.2. The van der Waals surface area contributed by atoms with Gasteiger partial charge < -0.3 is 5.11 Å². The first-order valence-corrected chi connectivity index (χ1v) is 7.46. The Labute approximate surface area is 130 Å². The Kier molecular flexibility index (Phi) is 6.04. The Morgan fingerprint density at radius 2 is 1.76 bits per heavy atom. The zero-order chi connectivity index (χ0) is 14.9. The SMILES string of the molecule is ClCCCc1ccccc1.Oc1cccc2cnccc12. The maximum absolute atomic E-state index is 9.34. The lowest BCUT2D eigenvalue weighted by molar-refractivity contribution is 0.481. The van der Waals surface area contributed by atoms with Gasteiger partial charge in [-0.1, -0.05) is 42.5 Å². The maximum atomic E-state index is 9.34. The second kappa shape index (κ2) is 8.28. The predicted molar refractivity (Wildman–Crippen MR) is 88.9 cm³/mol. The van der Waals surface area contributed by atoms with Crippen LogP contribution in [0.5, 0.6) is 5.75 Å². The highest BCUT2D eigenvalue weighted by Crippen LogP contribution is 2.22. The number of phenols is 1. The summed E-state index contributed by atoms with van der Waals surface area (Å²) in [6.45, 7) is 0. The van der Waals surface area contributed by atoms with E-state index in [1.807, 2.05) is 12.1 Å². The summed E-state index contributed by atoms with van der Waals surface area (Å²) in [4.78, 5) is 3.94. The number of aryl methyl sites for hydroxylation is 1. The normalized spacial score (nSPS) is 9.95. The summed E-state index contributed by atoms with van der Waals surface area (Å²) in [7, 11) is 0. The first-order chi connectivity index (χ1) is 10.3. The summed E-state index contributed by atoms with van der Waals surface area (Å²) in [5.41, 5.74) is 1.38. The molecular formula is C18H18ClNO. The first kappa shape index (κ1) is 15.3. The van der Waals surface area contributed by atoms with Gasteiger partial charge in [-0.3, -0.25) is 4.98 Å². The average molecular weight is 300 g/mol.